The molecule has 0 aliphatic carbocycles. The van der Waals surface area contributed by atoms with Gasteiger partial charge in [0.1, 0.15) is 11.6 Å². The number of benzene rings is 1. The molecule has 1 aromatic carbocycles. The monoisotopic (exact) mass is 465 g/mol. The number of ether oxygens (including phenoxy) is 1. The van der Waals surface area contributed by atoms with Crippen molar-refractivity contribution in [2.24, 2.45) is 12.8 Å². The molecular weight excluding hydrogens is 434 g/mol. The number of nitrogens with zero attached hydrogens (tertiary/aromatic N) is 3. The molecule has 1 atom stereocenters. The minimum Gasteiger partial charge on any atom is -0.460 e. The summed E-state index contributed by atoms with van der Waals surface area (Å²) in [5.74, 6) is -1.33. The van der Waals surface area contributed by atoms with E-state index in [4.69, 9.17) is 10.5 Å². The molecule has 0 bridgehead atoms. The van der Waals surface area contributed by atoms with Gasteiger partial charge in [-0.3, -0.25) is 19.1 Å². The molecule has 0 spiro atoms. The van der Waals surface area contributed by atoms with Gasteiger partial charge in [-0.15, -0.1) is 0 Å². The van der Waals surface area contributed by atoms with Gasteiger partial charge in [0.15, 0.2) is 0 Å². The van der Waals surface area contributed by atoms with Crippen molar-refractivity contribution in [2.45, 2.75) is 58.2 Å². The third-order valence-electron chi connectivity index (χ3n) is 6.00. The first-order valence-electron chi connectivity index (χ1n) is 11.5. The summed E-state index contributed by atoms with van der Waals surface area (Å²) in [6.07, 6.45) is 5.05. The Balaban J connectivity index is 1.55. The smallest absolute Gasteiger partial charge is 0.306 e. The van der Waals surface area contributed by atoms with Crippen LogP contribution in [0.5, 0.6) is 0 Å². The van der Waals surface area contributed by atoms with Crippen LogP contribution in [0.15, 0.2) is 30.5 Å². The number of fused-ring (bicyclic) bond motifs is 1. The van der Waals surface area contributed by atoms with Crippen LogP contribution in [0.2, 0.25) is 0 Å². The maximum atomic E-state index is 13.1. The van der Waals surface area contributed by atoms with E-state index in [2.05, 4.69) is 16.5 Å². The number of carbonyl (C=O) groups excluding carboxylic acids is 3. The Morgan fingerprint density at radius 2 is 2.03 bits per heavy atom. The number of carbonyl (C=O) groups is 3. The van der Waals surface area contributed by atoms with Crippen LogP contribution >= 0.6 is 0 Å². The fraction of sp³-hybridized carbons (Fsp3) is 0.440. The molecule has 180 valence electrons. The second-order valence-corrected chi connectivity index (χ2v) is 9.71. The summed E-state index contributed by atoms with van der Waals surface area (Å²) >= 11 is 0. The molecule has 1 unspecified atom stereocenters. The molecule has 3 heterocycles. The summed E-state index contributed by atoms with van der Waals surface area (Å²) in [5, 5.41) is 7.82. The fourth-order valence-corrected chi connectivity index (χ4v) is 4.51. The van der Waals surface area contributed by atoms with Gasteiger partial charge >= 0.3 is 5.97 Å². The Morgan fingerprint density at radius 3 is 2.68 bits per heavy atom. The molecule has 3 N–H and O–H groups in total. The molecule has 0 fully saturated rings. The molecule has 2 aliphatic rings. The SMILES string of the molecule is Cn1ncc(-c2ccc3c(c2)CN(C(CCC(=O)OC(C)(C)C)C(N)=O)C3=O)c1C1=CCCN1. The van der Waals surface area contributed by atoms with Gasteiger partial charge in [0.2, 0.25) is 5.91 Å². The average molecular weight is 466 g/mol. The van der Waals surface area contributed by atoms with Crippen LogP contribution in [-0.2, 0) is 27.9 Å². The molecule has 2 aliphatic heterocycles. The first-order valence-corrected chi connectivity index (χ1v) is 11.5. The van der Waals surface area contributed by atoms with E-state index in [0.29, 0.717) is 5.56 Å². The van der Waals surface area contributed by atoms with E-state index in [9.17, 15) is 14.4 Å². The van der Waals surface area contributed by atoms with E-state index >= 15 is 0 Å². The van der Waals surface area contributed by atoms with Crippen molar-refractivity contribution in [3.63, 3.8) is 0 Å². The largest absolute Gasteiger partial charge is 0.460 e. The highest BCUT2D eigenvalue weighted by Gasteiger charge is 2.36. The zero-order valence-corrected chi connectivity index (χ0v) is 20.1. The Bertz CT molecular complexity index is 1170. The van der Waals surface area contributed by atoms with Gasteiger partial charge in [-0.1, -0.05) is 12.1 Å². The van der Waals surface area contributed by atoms with E-state index in [1.165, 1.54) is 4.90 Å². The lowest BCUT2D eigenvalue weighted by Gasteiger charge is -2.25. The number of amides is 2. The number of nitrogens with one attached hydrogen (secondary N) is 1. The molecule has 34 heavy (non-hydrogen) atoms. The molecule has 0 saturated carbocycles. The predicted octanol–water partition coefficient (Wildman–Crippen LogP) is 2.35. The molecule has 9 heteroatoms. The number of rotatable bonds is 7. The summed E-state index contributed by atoms with van der Waals surface area (Å²) in [7, 11) is 1.90. The van der Waals surface area contributed by atoms with Crippen LogP contribution < -0.4 is 11.1 Å². The zero-order chi connectivity index (χ0) is 24.6. The topological polar surface area (TPSA) is 120 Å². The molecule has 9 nitrogen and oxygen atoms in total. The predicted molar refractivity (Wildman–Crippen MR) is 127 cm³/mol. The Labute approximate surface area is 198 Å². The van der Waals surface area contributed by atoms with Crippen molar-refractivity contribution < 1.29 is 19.1 Å². The van der Waals surface area contributed by atoms with Crippen LogP contribution in [0.3, 0.4) is 0 Å². The van der Waals surface area contributed by atoms with Gasteiger partial charge in [-0.2, -0.15) is 5.10 Å². The molecular formula is C25H31N5O4. The van der Waals surface area contributed by atoms with Crippen molar-refractivity contribution >= 4 is 23.5 Å². The summed E-state index contributed by atoms with van der Waals surface area (Å²) in [6.45, 7) is 6.48. The Hall–Kier alpha value is -3.62. The highest BCUT2D eigenvalue weighted by Crippen LogP contribution is 2.34. The van der Waals surface area contributed by atoms with Crippen molar-refractivity contribution in [3.8, 4) is 11.1 Å². The van der Waals surface area contributed by atoms with Crippen LogP contribution in [-0.4, -0.2) is 50.7 Å². The maximum Gasteiger partial charge on any atom is 0.306 e. The summed E-state index contributed by atoms with van der Waals surface area (Å²) in [5.41, 5.74) is 10.3. The van der Waals surface area contributed by atoms with Gasteiger partial charge in [0, 0.05) is 37.7 Å². The lowest BCUT2D eigenvalue weighted by molar-refractivity contribution is -0.155. The van der Waals surface area contributed by atoms with Gasteiger partial charge in [0.25, 0.3) is 5.91 Å². The van der Waals surface area contributed by atoms with Crippen LogP contribution in [0, 0.1) is 0 Å². The van der Waals surface area contributed by atoms with E-state index < -0.39 is 23.5 Å². The van der Waals surface area contributed by atoms with E-state index in [1.54, 1.807) is 26.8 Å². The second kappa shape index (κ2) is 8.96. The lowest BCUT2D eigenvalue weighted by atomic mass is 10.00. The number of aryl methyl sites for hydroxylation is 1. The molecule has 4 rings (SSSR count). The fourth-order valence-electron chi connectivity index (χ4n) is 4.51. The summed E-state index contributed by atoms with van der Waals surface area (Å²) < 4.78 is 7.16. The van der Waals surface area contributed by atoms with Crippen molar-refractivity contribution in [3.05, 3.63) is 47.3 Å². The quantitative estimate of drug-likeness (QED) is 0.606. The van der Waals surface area contributed by atoms with E-state index in [-0.39, 0.29) is 25.3 Å². The first-order chi connectivity index (χ1) is 16.0. The molecule has 2 amide bonds. The average Bonchev–Trinajstić information content (AvgIpc) is 3.46. The maximum absolute atomic E-state index is 13.1. The number of primary amides is 1. The summed E-state index contributed by atoms with van der Waals surface area (Å²) in [4.78, 5) is 38.9. The first kappa shape index (κ1) is 23.5. The highest BCUT2D eigenvalue weighted by atomic mass is 16.6. The Kier molecular flexibility index (Phi) is 6.20. The van der Waals surface area contributed by atoms with Gasteiger partial charge in [0.05, 0.1) is 17.6 Å². The number of hydrogen-bond acceptors (Lipinski definition) is 6. The Morgan fingerprint density at radius 1 is 1.26 bits per heavy atom. The third-order valence-corrected chi connectivity index (χ3v) is 6.00. The van der Waals surface area contributed by atoms with Crippen LogP contribution in [0.1, 0.15) is 61.6 Å². The minimum absolute atomic E-state index is 0.00257. The zero-order valence-electron chi connectivity index (χ0n) is 20.1. The van der Waals surface area contributed by atoms with Crippen molar-refractivity contribution in [1.82, 2.24) is 20.0 Å². The second-order valence-electron chi connectivity index (χ2n) is 9.71. The number of hydrogen-bond donors (Lipinski definition) is 2. The van der Waals surface area contributed by atoms with E-state index in [1.807, 2.05) is 30.1 Å². The summed E-state index contributed by atoms with van der Waals surface area (Å²) in [6, 6.07) is 4.76. The van der Waals surface area contributed by atoms with E-state index in [0.717, 1.165) is 41.0 Å². The normalized spacial score (nSPS) is 16.2. The molecule has 2 aromatic rings. The van der Waals surface area contributed by atoms with Crippen molar-refractivity contribution in [1.29, 1.82) is 0 Å². The number of nitrogens with two attached hydrogens (primary N) is 1. The van der Waals surface area contributed by atoms with Crippen LogP contribution in [0.25, 0.3) is 16.8 Å². The third kappa shape index (κ3) is 4.69. The van der Waals surface area contributed by atoms with Gasteiger partial charge in [-0.05, 0) is 56.9 Å². The minimum atomic E-state index is -0.891. The number of esters is 1. The molecule has 1 aromatic heterocycles. The highest BCUT2D eigenvalue weighted by molar-refractivity contribution is 6.01. The molecule has 0 saturated heterocycles. The molecule has 0 radical (unpaired) electrons. The van der Waals surface area contributed by atoms with Crippen molar-refractivity contribution in [2.75, 3.05) is 6.54 Å². The lowest BCUT2D eigenvalue weighted by Crippen LogP contribution is -2.45. The van der Waals surface area contributed by atoms with Gasteiger partial charge in [-0.25, -0.2) is 0 Å². The standard InChI is InChI=1S/C25H31N5O4/c1-25(2,3)34-21(31)10-9-20(23(26)32)30-14-16-12-15(7-8-17(16)24(30)33)18-13-28-29(4)22(18)19-6-5-11-27-19/h6-8,12-13,20,27H,5,9-11,14H2,1-4H3,(H2,26,32). The van der Waals surface area contributed by atoms with Crippen LogP contribution in [0.4, 0.5) is 0 Å². The van der Waals surface area contributed by atoms with Gasteiger partial charge < -0.3 is 20.7 Å². The number of aromatic nitrogens is 2.